The Kier molecular flexibility index (Phi) is 4.71. The van der Waals surface area contributed by atoms with Gasteiger partial charge in [-0.1, -0.05) is 26.0 Å². The first kappa shape index (κ1) is 15.3. The Morgan fingerprint density at radius 1 is 1.25 bits per heavy atom. The molecule has 20 heavy (non-hydrogen) atoms. The van der Waals surface area contributed by atoms with Crippen molar-refractivity contribution >= 4 is 5.69 Å². The predicted molar refractivity (Wildman–Crippen MR) is 84.9 cm³/mol. The highest BCUT2D eigenvalue weighted by atomic mass is 16.5. The fourth-order valence-corrected chi connectivity index (χ4v) is 2.69. The molecule has 0 aliphatic heterocycles. The summed E-state index contributed by atoms with van der Waals surface area (Å²) in [6.45, 7) is 7.53. The molecule has 0 atom stereocenters. The summed E-state index contributed by atoms with van der Waals surface area (Å²) in [5, 5.41) is 3.66. The normalized spacial score (nSPS) is 17.1. The minimum atomic E-state index is 0.130. The first-order valence-corrected chi connectivity index (χ1v) is 7.53. The zero-order valence-electron chi connectivity index (χ0n) is 13.0. The third kappa shape index (κ3) is 3.97. The average molecular weight is 276 g/mol. The maximum Gasteiger partial charge on any atom is 0.0468 e. The molecule has 1 saturated carbocycles. The Bertz CT molecular complexity index is 421. The fraction of sp³-hybridized carbons (Fsp3) is 0.647. The molecule has 1 fully saturated rings. The molecule has 1 aromatic rings. The van der Waals surface area contributed by atoms with Crippen LogP contribution in [0.4, 0.5) is 5.69 Å². The topological polar surface area (TPSA) is 47.3 Å². The summed E-state index contributed by atoms with van der Waals surface area (Å²) in [7, 11) is 1.79. The molecule has 3 heteroatoms. The molecule has 1 aromatic carbocycles. The van der Waals surface area contributed by atoms with Crippen LogP contribution in [0.25, 0.3) is 0 Å². The van der Waals surface area contributed by atoms with Crippen LogP contribution in [0.2, 0.25) is 0 Å². The molecule has 3 N–H and O–H groups in total. The van der Waals surface area contributed by atoms with E-state index < -0.39 is 0 Å². The molecule has 1 aliphatic carbocycles. The average Bonchev–Trinajstić information content (AvgIpc) is 3.17. The van der Waals surface area contributed by atoms with E-state index in [2.05, 4.69) is 31.3 Å². The van der Waals surface area contributed by atoms with E-state index in [1.165, 1.54) is 24.8 Å². The summed E-state index contributed by atoms with van der Waals surface area (Å²) in [6.07, 6.45) is 3.86. The molecule has 0 heterocycles. The lowest BCUT2D eigenvalue weighted by molar-refractivity contribution is 0.170. The number of ether oxygens (including phenoxy) is 1. The molecule has 0 unspecified atom stereocenters. The molecule has 2 rings (SSSR count). The summed E-state index contributed by atoms with van der Waals surface area (Å²) in [5.74, 6) is 0. The van der Waals surface area contributed by atoms with Crippen LogP contribution in [0, 0.1) is 5.41 Å². The summed E-state index contributed by atoms with van der Waals surface area (Å²) in [6, 6.07) is 8.24. The van der Waals surface area contributed by atoms with E-state index in [1.807, 2.05) is 12.1 Å². The van der Waals surface area contributed by atoms with Gasteiger partial charge in [0, 0.05) is 37.9 Å². The van der Waals surface area contributed by atoms with Gasteiger partial charge in [-0.25, -0.2) is 0 Å². The molecular formula is C17H28N2O. The van der Waals surface area contributed by atoms with Gasteiger partial charge < -0.3 is 15.8 Å². The van der Waals surface area contributed by atoms with Gasteiger partial charge in [0.15, 0.2) is 0 Å². The van der Waals surface area contributed by atoms with E-state index in [0.717, 1.165) is 25.4 Å². The van der Waals surface area contributed by atoms with Gasteiger partial charge in [-0.05, 0) is 42.4 Å². The number of nitrogen functional groups attached to an aromatic ring is 1. The Morgan fingerprint density at radius 3 is 2.45 bits per heavy atom. The van der Waals surface area contributed by atoms with Gasteiger partial charge in [0.25, 0.3) is 0 Å². The second kappa shape index (κ2) is 6.15. The molecule has 0 aromatic heterocycles. The van der Waals surface area contributed by atoms with Gasteiger partial charge in [-0.15, -0.1) is 0 Å². The van der Waals surface area contributed by atoms with Crippen molar-refractivity contribution in [3.8, 4) is 0 Å². The van der Waals surface area contributed by atoms with Crippen LogP contribution < -0.4 is 11.1 Å². The molecule has 0 bridgehead atoms. The monoisotopic (exact) mass is 276 g/mol. The third-order valence-electron chi connectivity index (χ3n) is 4.55. The minimum Gasteiger partial charge on any atom is -0.399 e. The molecule has 112 valence electrons. The highest BCUT2D eigenvalue weighted by Crippen LogP contribution is 2.48. The smallest absolute Gasteiger partial charge is 0.0468 e. The van der Waals surface area contributed by atoms with Crippen molar-refractivity contribution in [2.75, 3.05) is 32.5 Å². The number of rotatable bonds is 8. The number of hydrogen-bond donors (Lipinski definition) is 2. The van der Waals surface area contributed by atoms with E-state index in [-0.39, 0.29) is 5.41 Å². The van der Waals surface area contributed by atoms with Crippen LogP contribution in [0.1, 0.15) is 38.7 Å². The summed E-state index contributed by atoms with van der Waals surface area (Å²) in [4.78, 5) is 0. The molecule has 3 nitrogen and oxygen atoms in total. The fourth-order valence-electron chi connectivity index (χ4n) is 2.69. The second-order valence-electron chi connectivity index (χ2n) is 6.85. The lowest BCUT2D eigenvalue weighted by Gasteiger charge is -2.27. The van der Waals surface area contributed by atoms with Crippen LogP contribution in [-0.2, 0) is 10.2 Å². The van der Waals surface area contributed by atoms with E-state index in [0.29, 0.717) is 5.41 Å². The Labute approximate surface area is 122 Å². The number of benzene rings is 1. The van der Waals surface area contributed by atoms with Crippen molar-refractivity contribution in [3.63, 3.8) is 0 Å². The lowest BCUT2D eigenvalue weighted by Crippen LogP contribution is -2.36. The molecular weight excluding hydrogens is 248 g/mol. The highest BCUT2D eigenvalue weighted by molar-refractivity contribution is 5.41. The quantitative estimate of drug-likeness (QED) is 0.718. The third-order valence-corrected chi connectivity index (χ3v) is 4.55. The van der Waals surface area contributed by atoms with Crippen LogP contribution in [-0.4, -0.2) is 26.8 Å². The molecule has 1 aliphatic rings. The van der Waals surface area contributed by atoms with Gasteiger partial charge >= 0.3 is 0 Å². The van der Waals surface area contributed by atoms with Crippen molar-refractivity contribution in [2.45, 2.75) is 38.5 Å². The summed E-state index contributed by atoms with van der Waals surface area (Å²) < 4.78 is 5.21. The first-order chi connectivity index (χ1) is 9.47. The van der Waals surface area contributed by atoms with E-state index in [4.69, 9.17) is 10.5 Å². The summed E-state index contributed by atoms with van der Waals surface area (Å²) in [5.41, 5.74) is 8.55. The van der Waals surface area contributed by atoms with Crippen molar-refractivity contribution in [3.05, 3.63) is 29.8 Å². The van der Waals surface area contributed by atoms with E-state index >= 15 is 0 Å². The van der Waals surface area contributed by atoms with Crippen molar-refractivity contribution in [2.24, 2.45) is 5.41 Å². The number of anilines is 1. The largest absolute Gasteiger partial charge is 0.399 e. The van der Waals surface area contributed by atoms with Gasteiger partial charge in [0.1, 0.15) is 0 Å². The lowest BCUT2D eigenvalue weighted by atomic mass is 9.84. The van der Waals surface area contributed by atoms with Gasteiger partial charge in [0.05, 0.1) is 0 Å². The van der Waals surface area contributed by atoms with Crippen LogP contribution >= 0.6 is 0 Å². The Hall–Kier alpha value is -1.06. The standard InChI is InChI=1S/C17H28N2O/c1-16(2,14-4-6-15(18)7-5-14)12-19-13-17(8-9-17)10-11-20-3/h4-7,19H,8-13,18H2,1-3H3. The minimum absolute atomic E-state index is 0.130. The van der Waals surface area contributed by atoms with Gasteiger partial charge in [-0.3, -0.25) is 0 Å². The predicted octanol–water partition coefficient (Wildman–Crippen LogP) is 2.95. The number of nitrogens with two attached hydrogens (primary N) is 1. The SMILES string of the molecule is COCCC1(CNCC(C)(C)c2ccc(N)cc2)CC1. The molecule has 0 amide bonds. The van der Waals surface area contributed by atoms with Gasteiger partial charge in [-0.2, -0.15) is 0 Å². The van der Waals surface area contributed by atoms with Crippen molar-refractivity contribution in [1.29, 1.82) is 0 Å². The van der Waals surface area contributed by atoms with Gasteiger partial charge in [0.2, 0.25) is 0 Å². The first-order valence-electron chi connectivity index (χ1n) is 7.53. The molecule has 0 radical (unpaired) electrons. The second-order valence-corrected chi connectivity index (χ2v) is 6.85. The maximum atomic E-state index is 5.75. The summed E-state index contributed by atoms with van der Waals surface area (Å²) >= 11 is 0. The zero-order chi connectivity index (χ0) is 14.6. The van der Waals surface area contributed by atoms with Crippen molar-refractivity contribution in [1.82, 2.24) is 5.32 Å². The van der Waals surface area contributed by atoms with E-state index in [9.17, 15) is 0 Å². The number of methoxy groups -OCH3 is 1. The maximum absolute atomic E-state index is 5.75. The zero-order valence-corrected chi connectivity index (χ0v) is 13.0. The Morgan fingerprint density at radius 2 is 1.90 bits per heavy atom. The van der Waals surface area contributed by atoms with Crippen LogP contribution in [0.5, 0.6) is 0 Å². The Balaban J connectivity index is 1.82. The van der Waals surface area contributed by atoms with Crippen molar-refractivity contribution < 1.29 is 4.74 Å². The van der Waals surface area contributed by atoms with Crippen LogP contribution in [0.15, 0.2) is 24.3 Å². The van der Waals surface area contributed by atoms with Crippen LogP contribution in [0.3, 0.4) is 0 Å². The molecule has 0 saturated heterocycles. The molecule has 0 spiro atoms. The number of nitrogens with one attached hydrogen (secondary N) is 1. The number of hydrogen-bond acceptors (Lipinski definition) is 3. The van der Waals surface area contributed by atoms with E-state index in [1.54, 1.807) is 7.11 Å². The highest BCUT2D eigenvalue weighted by Gasteiger charge is 2.41.